The molecule has 1 fully saturated rings. The molecule has 3 aromatic carbocycles. The van der Waals surface area contributed by atoms with Gasteiger partial charge in [-0.15, -0.1) is 12.4 Å². The number of amides is 2. The number of hydrogen-bond donors (Lipinski definition) is 2. The maximum absolute atomic E-state index is 13.6. The normalized spacial score (nSPS) is 14.0. The third-order valence-electron chi connectivity index (χ3n) is 7.52. The smallest absolute Gasteiger partial charge is 0.322 e. The van der Waals surface area contributed by atoms with Crippen LogP contribution in [0.4, 0.5) is 20.6 Å². The van der Waals surface area contributed by atoms with Crippen LogP contribution < -0.4 is 19.7 Å². The van der Waals surface area contributed by atoms with Crippen LogP contribution in [0.5, 0.6) is 11.5 Å². The minimum atomic E-state index is -3.33. The van der Waals surface area contributed by atoms with Crippen LogP contribution in [0.25, 0.3) is 0 Å². The van der Waals surface area contributed by atoms with Gasteiger partial charge in [0.2, 0.25) is 10.0 Å². The van der Waals surface area contributed by atoms with Gasteiger partial charge in [0.25, 0.3) is 0 Å². The monoisotopic (exact) mass is 657 g/mol. The zero-order valence-electron chi connectivity index (χ0n) is 25.3. The van der Waals surface area contributed by atoms with Gasteiger partial charge in [-0.1, -0.05) is 17.3 Å². The molecule has 0 atom stereocenters. The molecule has 10 nitrogen and oxygen atoms in total. The number of urea groups is 1. The van der Waals surface area contributed by atoms with E-state index < -0.39 is 10.0 Å². The second-order valence-corrected chi connectivity index (χ2v) is 12.8. The first kappa shape index (κ1) is 33.8. The third kappa shape index (κ3) is 9.43. The van der Waals surface area contributed by atoms with Crippen LogP contribution >= 0.6 is 12.4 Å². The molecule has 1 aliphatic rings. The van der Waals surface area contributed by atoms with E-state index in [2.05, 4.69) is 20.1 Å². The average Bonchev–Trinajstić information content (AvgIpc) is 3.31. The van der Waals surface area contributed by atoms with E-state index >= 15 is 0 Å². The Morgan fingerprint density at radius 1 is 1.00 bits per heavy atom. The Bertz CT molecular complexity index is 1660. The van der Waals surface area contributed by atoms with Gasteiger partial charge in [-0.25, -0.2) is 17.6 Å². The molecule has 0 saturated carbocycles. The lowest BCUT2D eigenvalue weighted by molar-refractivity contribution is 0.188. The van der Waals surface area contributed by atoms with Gasteiger partial charge in [-0.3, -0.25) is 14.5 Å². The fourth-order valence-electron chi connectivity index (χ4n) is 5.14. The van der Waals surface area contributed by atoms with Gasteiger partial charge in [-0.05, 0) is 92.9 Å². The highest BCUT2D eigenvalue weighted by Gasteiger charge is 2.25. The minimum Gasteiger partial charge on any atom is -0.457 e. The number of carbonyl (C=O) groups excluding carboxylic acids is 1. The summed E-state index contributed by atoms with van der Waals surface area (Å²) in [6.45, 7) is 6.36. The first-order valence-corrected chi connectivity index (χ1v) is 16.2. The topological polar surface area (TPSA) is 117 Å². The van der Waals surface area contributed by atoms with Crippen LogP contribution in [0.1, 0.15) is 35.4 Å². The highest BCUT2D eigenvalue weighted by atomic mass is 35.5. The molecule has 0 aliphatic carbocycles. The van der Waals surface area contributed by atoms with Gasteiger partial charge in [-0.2, -0.15) is 0 Å². The summed E-state index contributed by atoms with van der Waals surface area (Å²) >= 11 is 0. The number of carbonyl (C=O) groups is 1. The fourth-order valence-corrected chi connectivity index (χ4v) is 5.70. The molecular weight excluding hydrogens is 621 g/mol. The van der Waals surface area contributed by atoms with Gasteiger partial charge in [0, 0.05) is 42.6 Å². The second-order valence-electron chi connectivity index (χ2n) is 11.0. The minimum absolute atomic E-state index is 0. The molecule has 240 valence electrons. The molecule has 1 aromatic heterocycles. The lowest BCUT2D eigenvalue weighted by Crippen LogP contribution is -2.49. The maximum atomic E-state index is 13.6. The number of sulfonamides is 1. The summed E-state index contributed by atoms with van der Waals surface area (Å²) in [5, 5.41) is 7.18. The Hall–Kier alpha value is -4.13. The number of nitrogens with one attached hydrogen (secondary N) is 2. The van der Waals surface area contributed by atoms with E-state index in [1.807, 2.05) is 38.1 Å². The third-order valence-corrected chi connectivity index (χ3v) is 8.13. The molecule has 0 unspecified atom stereocenters. The number of rotatable bonds is 10. The zero-order chi connectivity index (χ0) is 31.3. The first-order chi connectivity index (χ1) is 21.0. The van der Waals surface area contributed by atoms with Crippen LogP contribution in [0.2, 0.25) is 0 Å². The predicted molar refractivity (Wildman–Crippen MR) is 174 cm³/mol. The summed E-state index contributed by atoms with van der Waals surface area (Å²) in [7, 11) is -3.33. The lowest BCUT2D eigenvalue weighted by atomic mass is 10.0. The van der Waals surface area contributed by atoms with E-state index in [1.54, 1.807) is 41.3 Å². The van der Waals surface area contributed by atoms with Gasteiger partial charge in [0.05, 0.1) is 18.5 Å². The van der Waals surface area contributed by atoms with Crippen molar-refractivity contribution in [3.05, 3.63) is 101 Å². The van der Waals surface area contributed by atoms with Crippen LogP contribution in [-0.2, 0) is 23.1 Å². The number of benzene rings is 3. The average molecular weight is 658 g/mol. The molecule has 13 heteroatoms. The molecule has 0 radical (unpaired) electrons. The van der Waals surface area contributed by atoms with Crippen LogP contribution in [-0.4, -0.2) is 49.9 Å². The molecule has 1 saturated heterocycles. The van der Waals surface area contributed by atoms with Crippen molar-refractivity contribution < 1.29 is 26.9 Å². The Morgan fingerprint density at radius 2 is 1.60 bits per heavy atom. The number of likely N-dealkylation sites (tertiary alicyclic amines) is 1. The highest BCUT2D eigenvalue weighted by molar-refractivity contribution is 7.92. The Balaban J connectivity index is 0.00000461. The van der Waals surface area contributed by atoms with Crippen molar-refractivity contribution >= 4 is 39.8 Å². The molecule has 2 amide bonds. The number of anilines is 2. The van der Waals surface area contributed by atoms with Crippen molar-refractivity contribution in [3.63, 3.8) is 0 Å². The van der Waals surface area contributed by atoms with Crippen molar-refractivity contribution in [2.45, 2.75) is 45.8 Å². The van der Waals surface area contributed by atoms with E-state index in [4.69, 9.17) is 9.26 Å². The Labute approximate surface area is 269 Å². The molecule has 1 aliphatic heterocycles. The molecule has 0 bridgehead atoms. The predicted octanol–water partition coefficient (Wildman–Crippen LogP) is 6.40. The van der Waals surface area contributed by atoms with Gasteiger partial charge < -0.3 is 14.6 Å². The molecule has 0 spiro atoms. The van der Waals surface area contributed by atoms with Crippen LogP contribution in [0.3, 0.4) is 0 Å². The first-order valence-electron chi connectivity index (χ1n) is 14.3. The van der Waals surface area contributed by atoms with Crippen LogP contribution in [0.15, 0.2) is 77.3 Å². The number of hydrogen-bond acceptors (Lipinski definition) is 7. The van der Waals surface area contributed by atoms with Crippen molar-refractivity contribution in [2.75, 3.05) is 29.0 Å². The summed E-state index contributed by atoms with van der Waals surface area (Å²) in [6.07, 6.45) is 2.72. The van der Waals surface area contributed by atoms with Gasteiger partial charge in [0.15, 0.2) is 0 Å². The number of aromatic nitrogens is 1. The van der Waals surface area contributed by atoms with E-state index in [1.165, 1.54) is 12.1 Å². The van der Waals surface area contributed by atoms with Crippen molar-refractivity contribution in [1.82, 2.24) is 15.4 Å². The van der Waals surface area contributed by atoms with Crippen molar-refractivity contribution in [2.24, 2.45) is 0 Å². The molecule has 5 rings (SSSR count). The number of nitrogens with zero attached hydrogens (tertiary/aromatic N) is 3. The quantitative estimate of drug-likeness (QED) is 0.203. The summed E-state index contributed by atoms with van der Waals surface area (Å²) in [5.74, 6) is 1.57. The number of piperidine rings is 1. The molecule has 45 heavy (non-hydrogen) atoms. The SMILES string of the molecule is Cc1noc(C)c1CN(C(=O)NC1CCN(Cc2ccc(Oc3ccc(NS(C)(=O)=O)cc3)cc2)CC1)c1ccc(F)cc1.Cl. The fraction of sp³-hybridized carbons (Fsp3) is 0.312. The van der Waals surface area contributed by atoms with Crippen molar-refractivity contribution in [3.8, 4) is 11.5 Å². The highest BCUT2D eigenvalue weighted by Crippen LogP contribution is 2.25. The van der Waals surface area contributed by atoms with Crippen molar-refractivity contribution in [1.29, 1.82) is 0 Å². The summed E-state index contributed by atoms with van der Waals surface area (Å²) in [4.78, 5) is 17.4. The standard InChI is InChI=1S/C32H36FN5O5S.ClH/c1-22-31(23(2)43-35-22)21-38(28-10-6-25(33)7-11-28)32(39)34-26-16-18-37(19-17-26)20-24-4-12-29(13-5-24)42-30-14-8-27(9-15-30)36-44(3,40)41;/h4-15,26,36H,16-21H2,1-3H3,(H,34,39);1H. The molecule has 2 N–H and O–H groups in total. The largest absolute Gasteiger partial charge is 0.457 e. The number of aryl methyl sites for hydroxylation is 2. The van der Waals surface area contributed by atoms with Gasteiger partial charge >= 0.3 is 6.03 Å². The number of halogens is 2. The second kappa shape index (κ2) is 14.8. The van der Waals surface area contributed by atoms with E-state index in [0.29, 0.717) is 34.3 Å². The molecular formula is C32H37ClFN5O5S. The Morgan fingerprint density at radius 3 is 2.16 bits per heavy atom. The van der Waals surface area contributed by atoms with E-state index in [0.717, 1.165) is 49.9 Å². The maximum Gasteiger partial charge on any atom is 0.322 e. The van der Waals surface area contributed by atoms with Gasteiger partial charge in [0.1, 0.15) is 23.1 Å². The lowest BCUT2D eigenvalue weighted by Gasteiger charge is -2.34. The van der Waals surface area contributed by atoms with E-state index in [9.17, 15) is 17.6 Å². The Kier molecular flexibility index (Phi) is 11.1. The van der Waals surface area contributed by atoms with E-state index in [-0.39, 0.29) is 36.8 Å². The van der Waals surface area contributed by atoms with Crippen LogP contribution in [0, 0.1) is 19.7 Å². The summed E-state index contributed by atoms with van der Waals surface area (Å²) < 4.78 is 50.0. The molecule has 2 heterocycles. The zero-order valence-corrected chi connectivity index (χ0v) is 27.0. The molecule has 4 aromatic rings. The summed E-state index contributed by atoms with van der Waals surface area (Å²) in [5.41, 5.74) is 3.76. The summed E-state index contributed by atoms with van der Waals surface area (Å²) in [6, 6.07) is 20.2. The number of ether oxygens (including phenoxy) is 1.